The zero-order chi connectivity index (χ0) is 15.4. The minimum Gasteiger partial charge on any atom is -0.480 e. The first-order chi connectivity index (χ1) is 10.0. The average Bonchev–Trinajstić information content (AvgIpc) is 2.85. The molecule has 2 rings (SSSR count). The Morgan fingerprint density at radius 3 is 2.90 bits per heavy atom. The Balaban J connectivity index is 2.19. The molecule has 2 heterocycles. The van der Waals surface area contributed by atoms with E-state index < -0.39 is 17.9 Å². The molecule has 0 aliphatic rings. The Morgan fingerprint density at radius 1 is 1.48 bits per heavy atom. The molecule has 1 amide bonds. The summed E-state index contributed by atoms with van der Waals surface area (Å²) >= 11 is 3.26. The van der Waals surface area contributed by atoms with Gasteiger partial charge in [0.25, 0.3) is 5.91 Å². The van der Waals surface area contributed by atoms with Crippen molar-refractivity contribution in [3.05, 3.63) is 28.6 Å². The van der Waals surface area contributed by atoms with Gasteiger partial charge in [-0.25, -0.2) is 14.3 Å². The smallest absolute Gasteiger partial charge is 0.326 e. The molecule has 2 N–H and O–H groups in total. The maximum absolute atomic E-state index is 12.2. The molecule has 0 aromatic carbocycles. The maximum atomic E-state index is 12.2. The van der Waals surface area contributed by atoms with Crippen molar-refractivity contribution in [3.63, 3.8) is 0 Å². The van der Waals surface area contributed by atoms with Crippen molar-refractivity contribution in [1.82, 2.24) is 19.9 Å². The second-order valence-corrected chi connectivity index (χ2v) is 5.52. The third-order valence-corrected chi connectivity index (χ3v) is 3.43. The van der Waals surface area contributed by atoms with E-state index in [1.54, 1.807) is 12.4 Å². The van der Waals surface area contributed by atoms with Crippen LogP contribution in [0.15, 0.2) is 23.1 Å². The van der Waals surface area contributed by atoms with Gasteiger partial charge in [-0.3, -0.25) is 4.79 Å². The molecule has 0 saturated heterocycles. The first kappa shape index (κ1) is 15.4. The molecule has 0 spiro atoms. The van der Waals surface area contributed by atoms with Crippen LogP contribution in [0.1, 0.15) is 36.5 Å². The third kappa shape index (κ3) is 3.57. The molecule has 0 bridgehead atoms. The van der Waals surface area contributed by atoms with Gasteiger partial charge in [0.15, 0.2) is 5.65 Å². The van der Waals surface area contributed by atoms with E-state index >= 15 is 0 Å². The number of hydrogen-bond donors (Lipinski definition) is 2. The van der Waals surface area contributed by atoms with Gasteiger partial charge in [0, 0.05) is 12.4 Å². The lowest BCUT2D eigenvalue weighted by Crippen LogP contribution is -2.40. The van der Waals surface area contributed by atoms with Gasteiger partial charge >= 0.3 is 5.97 Å². The summed E-state index contributed by atoms with van der Waals surface area (Å²) in [5.41, 5.74) is 0.639. The molecular formula is C13H15BrN4O3. The zero-order valence-electron chi connectivity index (χ0n) is 11.4. The number of carboxylic acids is 1. The summed E-state index contributed by atoms with van der Waals surface area (Å²) < 4.78 is 2.19. The van der Waals surface area contributed by atoms with Crippen LogP contribution in [0.5, 0.6) is 0 Å². The molecule has 2 aromatic heterocycles. The van der Waals surface area contributed by atoms with Gasteiger partial charge in [0.2, 0.25) is 0 Å². The van der Waals surface area contributed by atoms with E-state index in [-0.39, 0.29) is 5.56 Å². The fraction of sp³-hybridized carbons (Fsp3) is 0.385. The number of aromatic nitrogens is 3. The Morgan fingerprint density at radius 2 is 2.24 bits per heavy atom. The lowest BCUT2D eigenvalue weighted by molar-refractivity contribution is -0.139. The molecule has 0 aliphatic heterocycles. The molecule has 1 atom stereocenters. The molecule has 0 aliphatic carbocycles. The Labute approximate surface area is 129 Å². The summed E-state index contributed by atoms with van der Waals surface area (Å²) in [5.74, 6) is -1.52. The maximum Gasteiger partial charge on any atom is 0.326 e. The summed E-state index contributed by atoms with van der Waals surface area (Å²) in [6.07, 6.45) is 6.60. The summed E-state index contributed by atoms with van der Waals surface area (Å²) in [4.78, 5) is 27.5. The van der Waals surface area contributed by atoms with Crippen LogP contribution >= 0.6 is 15.9 Å². The molecule has 8 heteroatoms. The number of nitrogens with zero attached hydrogens (tertiary/aromatic N) is 3. The van der Waals surface area contributed by atoms with Crippen LogP contribution in [0.25, 0.3) is 5.65 Å². The first-order valence-corrected chi connectivity index (χ1v) is 7.34. The van der Waals surface area contributed by atoms with Crippen LogP contribution in [-0.4, -0.2) is 37.6 Å². The number of rotatable bonds is 6. The van der Waals surface area contributed by atoms with Crippen LogP contribution in [0.2, 0.25) is 0 Å². The number of carboxylic acid groups (broad SMARTS) is 1. The highest BCUT2D eigenvalue weighted by molar-refractivity contribution is 9.10. The molecular weight excluding hydrogens is 340 g/mol. The summed E-state index contributed by atoms with van der Waals surface area (Å²) in [5, 5.41) is 15.7. The van der Waals surface area contributed by atoms with Crippen molar-refractivity contribution >= 4 is 33.5 Å². The number of carbonyl (C=O) groups is 2. The van der Waals surface area contributed by atoms with E-state index in [9.17, 15) is 9.59 Å². The van der Waals surface area contributed by atoms with Gasteiger partial charge < -0.3 is 10.4 Å². The molecule has 2 aromatic rings. The Kier molecular flexibility index (Phi) is 4.89. The zero-order valence-corrected chi connectivity index (χ0v) is 13.0. The Hall–Kier alpha value is -1.96. The van der Waals surface area contributed by atoms with E-state index in [0.717, 1.165) is 17.3 Å². The van der Waals surface area contributed by atoms with Gasteiger partial charge in [-0.15, -0.1) is 0 Å². The van der Waals surface area contributed by atoms with Crippen molar-refractivity contribution in [2.45, 2.75) is 32.2 Å². The van der Waals surface area contributed by atoms with E-state index in [4.69, 9.17) is 5.11 Å². The van der Waals surface area contributed by atoms with Gasteiger partial charge in [0.05, 0.1) is 10.7 Å². The van der Waals surface area contributed by atoms with Gasteiger partial charge in [-0.1, -0.05) is 19.8 Å². The highest BCUT2D eigenvalue weighted by Gasteiger charge is 2.22. The van der Waals surface area contributed by atoms with Crippen molar-refractivity contribution in [2.75, 3.05) is 0 Å². The molecule has 112 valence electrons. The van der Waals surface area contributed by atoms with E-state index in [0.29, 0.717) is 12.1 Å². The van der Waals surface area contributed by atoms with Crippen LogP contribution in [0.4, 0.5) is 0 Å². The number of aliphatic carboxylic acids is 1. The lowest BCUT2D eigenvalue weighted by Gasteiger charge is -2.13. The fourth-order valence-corrected chi connectivity index (χ4v) is 2.21. The number of halogens is 1. The van der Waals surface area contributed by atoms with Gasteiger partial charge in [0.1, 0.15) is 11.6 Å². The topological polar surface area (TPSA) is 96.6 Å². The summed E-state index contributed by atoms with van der Waals surface area (Å²) in [6, 6.07) is -0.900. The first-order valence-electron chi connectivity index (χ1n) is 6.55. The molecule has 7 nitrogen and oxygen atoms in total. The van der Waals surface area contributed by atoms with Crippen molar-refractivity contribution in [3.8, 4) is 0 Å². The van der Waals surface area contributed by atoms with Crippen molar-refractivity contribution in [1.29, 1.82) is 0 Å². The summed E-state index contributed by atoms with van der Waals surface area (Å²) in [6.45, 7) is 1.97. The Bertz CT molecular complexity index is 670. The molecule has 0 unspecified atom stereocenters. The number of nitrogens with one attached hydrogen (secondary N) is 1. The normalized spacial score (nSPS) is 12.3. The highest BCUT2D eigenvalue weighted by Crippen LogP contribution is 2.13. The van der Waals surface area contributed by atoms with Crippen LogP contribution < -0.4 is 5.32 Å². The number of hydrogen-bond acceptors (Lipinski definition) is 4. The average molecular weight is 355 g/mol. The van der Waals surface area contributed by atoms with Crippen LogP contribution in [-0.2, 0) is 4.79 Å². The monoisotopic (exact) mass is 354 g/mol. The standard InChI is InChI=1S/C13H15BrN4O3/c1-2-3-4-10(13(20)21)17-12(19)9-6-16-18-7-8(14)5-15-11(9)18/h5-7,10H,2-4H2,1H3,(H,17,19)(H,20,21)/t10-/m0/s1. The van der Waals surface area contributed by atoms with Crippen molar-refractivity contribution in [2.24, 2.45) is 0 Å². The largest absolute Gasteiger partial charge is 0.480 e. The lowest BCUT2D eigenvalue weighted by atomic mass is 10.1. The number of amides is 1. The molecule has 21 heavy (non-hydrogen) atoms. The summed E-state index contributed by atoms with van der Waals surface area (Å²) in [7, 11) is 0. The minimum atomic E-state index is -1.04. The van der Waals surface area contributed by atoms with Gasteiger partial charge in [-0.05, 0) is 22.4 Å². The molecule has 0 fully saturated rings. The SMILES string of the molecule is CCCC[C@H](NC(=O)c1cnn2cc(Br)cnc12)C(=O)O. The third-order valence-electron chi connectivity index (χ3n) is 3.02. The fourth-order valence-electron chi connectivity index (χ4n) is 1.91. The number of carbonyl (C=O) groups excluding carboxylic acids is 1. The van der Waals surface area contributed by atoms with E-state index in [1.807, 2.05) is 6.92 Å². The van der Waals surface area contributed by atoms with Crippen LogP contribution in [0.3, 0.4) is 0 Å². The predicted octanol–water partition coefficient (Wildman–Crippen LogP) is 1.86. The van der Waals surface area contributed by atoms with E-state index in [1.165, 1.54) is 10.7 Å². The van der Waals surface area contributed by atoms with Gasteiger partial charge in [-0.2, -0.15) is 5.10 Å². The second kappa shape index (κ2) is 6.66. The predicted molar refractivity (Wildman–Crippen MR) is 79.1 cm³/mol. The second-order valence-electron chi connectivity index (χ2n) is 4.61. The number of fused-ring (bicyclic) bond motifs is 1. The molecule has 0 radical (unpaired) electrons. The minimum absolute atomic E-state index is 0.255. The highest BCUT2D eigenvalue weighted by atomic mass is 79.9. The van der Waals surface area contributed by atoms with Crippen molar-refractivity contribution < 1.29 is 14.7 Å². The molecule has 0 saturated carbocycles. The quantitative estimate of drug-likeness (QED) is 0.825. The number of unbranched alkanes of at least 4 members (excludes halogenated alkanes) is 1. The van der Waals surface area contributed by atoms with E-state index in [2.05, 4.69) is 31.3 Å². The van der Waals surface area contributed by atoms with Crippen LogP contribution in [0, 0.1) is 0 Å².